The van der Waals surface area contributed by atoms with Gasteiger partial charge < -0.3 is 27.5 Å². The number of hydrogen-bond donors (Lipinski definition) is 0. The minimum atomic E-state index is -3.68. The average Bonchev–Trinajstić information content (AvgIpc) is 2.88. The van der Waals surface area contributed by atoms with Crippen LogP contribution in [0.2, 0.25) is 0 Å². The van der Waals surface area contributed by atoms with Crippen molar-refractivity contribution in [3.63, 3.8) is 0 Å². The third-order valence-electron chi connectivity index (χ3n) is 5.87. The molecule has 0 aromatic heterocycles. The molecule has 1 unspecified atom stereocenters. The fourth-order valence-corrected chi connectivity index (χ4v) is 8.19. The first-order valence-corrected chi connectivity index (χ1v) is 14.7. The average molecular weight is 505 g/mol. The van der Waals surface area contributed by atoms with Crippen molar-refractivity contribution in [1.82, 2.24) is 0 Å². The zero-order valence-corrected chi connectivity index (χ0v) is 23.4. The van der Waals surface area contributed by atoms with Crippen molar-refractivity contribution in [3.8, 4) is 0 Å². The first-order valence-electron chi connectivity index (χ1n) is 13.0. The Labute approximate surface area is 213 Å². The smallest absolute Gasteiger partial charge is 0.371 e. The molecular formula is C28H44O6Si. The lowest BCUT2D eigenvalue weighted by Gasteiger charge is -2.54. The summed E-state index contributed by atoms with van der Waals surface area (Å²) in [7, 11) is -3.68. The summed E-state index contributed by atoms with van der Waals surface area (Å²) in [6.07, 6.45) is 1.32. The molecule has 0 spiro atoms. The van der Waals surface area contributed by atoms with Crippen LogP contribution in [-0.4, -0.2) is 53.9 Å². The molecule has 2 aromatic rings. The van der Waals surface area contributed by atoms with E-state index >= 15 is 0 Å². The number of aryl methyl sites for hydroxylation is 1. The van der Waals surface area contributed by atoms with E-state index in [2.05, 4.69) is 36.4 Å². The van der Waals surface area contributed by atoms with E-state index in [0.717, 1.165) is 12.0 Å². The Morgan fingerprint density at radius 2 is 1.03 bits per heavy atom. The van der Waals surface area contributed by atoms with E-state index in [0.29, 0.717) is 46.1 Å². The van der Waals surface area contributed by atoms with Crippen LogP contribution in [0.15, 0.2) is 60.7 Å². The van der Waals surface area contributed by atoms with Gasteiger partial charge in [0.05, 0.1) is 0 Å². The van der Waals surface area contributed by atoms with Crippen LogP contribution in [0.5, 0.6) is 0 Å². The zero-order valence-electron chi connectivity index (χ0n) is 22.4. The van der Waals surface area contributed by atoms with Crippen LogP contribution in [0.25, 0.3) is 0 Å². The molecule has 196 valence electrons. The topological polar surface area (TPSA) is 55.4 Å². The molecule has 0 heterocycles. The molecule has 0 fully saturated rings. The molecule has 6 nitrogen and oxygen atoms in total. The Kier molecular flexibility index (Phi) is 12.6. The van der Waals surface area contributed by atoms with Crippen molar-refractivity contribution >= 4 is 8.80 Å². The molecule has 0 saturated carbocycles. The molecule has 0 aliphatic heterocycles. The molecule has 0 radical (unpaired) electrons. The largest absolute Gasteiger partial charge is 0.567 e. The molecular weight excluding hydrogens is 460 g/mol. The van der Waals surface area contributed by atoms with Gasteiger partial charge >= 0.3 is 8.80 Å². The van der Waals surface area contributed by atoms with Gasteiger partial charge in [0.25, 0.3) is 5.41 Å². The molecule has 0 saturated heterocycles. The lowest BCUT2D eigenvalue weighted by molar-refractivity contribution is -0.320. The molecule has 2 rings (SSSR count). The van der Waals surface area contributed by atoms with E-state index in [1.807, 2.05) is 65.8 Å². The normalized spacial score (nSPS) is 14.1. The van der Waals surface area contributed by atoms with E-state index in [4.69, 9.17) is 27.5 Å². The molecule has 0 amide bonds. The molecule has 2 aromatic carbocycles. The first-order chi connectivity index (χ1) is 17.0. The van der Waals surface area contributed by atoms with Crippen molar-refractivity contribution in [2.24, 2.45) is 0 Å². The third-order valence-corrected chi connectivity index (χ3v) is 9.38. The lowest BCUT2D eigenvalue weighted by Crippen LogP contribution is -2.76. The zero-order chi connectivity index (χ0) is 25.6. The van der Waals surface area contributed by atoms with Gasteiger partial charge in [0.15, 0.2) is 5.60 Å². The van der Waals surface area contributed by atoms with Crippen LogP contribution in [0.3, 0.4) is 0 Å². The molecule has 0 aliphatic carbocycles. The number of ether oxygens (including phenoxy) is 3. The second kappa shape index (κ2) is 14.9. The Morgan fingerprint density at radius 1 is 0.571 bits per heavy atom. The minimum Gasteiger partial charge on any atom is -0.371 e. The van der Waals surface area contributed by atoms with Gasteiger partial charge in [0.1, 0.15) is 0 Å². The summed E-state index contributed by atoms with van der Waals surface area (Å²) in [5.74, 6) is 0. The van der Waals surface area contributed by atoms with Gasteiger partial charge in [-0.2, -0.15) is 0 Å². The van der Waals surface area contributed by atoms with Crippen molar-refractivity contribution in [3.05, 3.63) is 71.8 Å². The van der Waals surface area contributed by atoms with Gasteiger partial charge in [-0.05, 0) is 65.5 Å². The van der Waals surface area contributed by atoms with Crippen LogP contribution < -0.4 is 0 Å². The molecule has 0 aliphatic rings. The highest BCUT2D eigenvalue weighted by molar-refractivity contribution is 6.64. The van der Waals surface area contributed by atoms with Gasteiger partial charge in [-0.3, -0.25) is 0 Å². The van der Waals surface area contributed by atoms with Crippen LogP contribution >= 0.6 is 0 Å². The van der Waals surface area contributed by atoms with Crippen LogP contribution in [0, 0.1) is 0 Å². The summed E-state index contributed by atoms with van der Waals surface area (Å²) in [6.45, 7) is 14.1. The van der Waals surface area contributed by atoms with Crippen LogP contribution in [-0.2, 0) is 39.5 Å². The van der Waals surface area contributed by atoms with Crippen molar-refractivity contribution in [2.75, 3.05) is 39.6 Å². The molecule has 0 bridgehead atoms. The lowest BCUT2D eigenvalue weighted by atomic mass is 9.85. The summed E-state index contributed by atoms with van der Waals surface area (Å²) < 4.78 is 39.6. The summed E-state index contributed by atoms with van der Waals surface area (Å²) >= 11 is 0. The van der Waals surface area contributed by atoms with Crippen molar-refractivity contribution in [2.45, 2.75) is 65.4 Å². The van der Waals surface area contributed by atoms with Crippen LogP contribution in [0.1, 0.15) is 59.1 Å². The SMILES string of the molecule is CCOC(CCc1ccccc1)(c1ccccc1)C(OCC)(OCC)[Si](OCC)(OCC)OCC. The number of rotatable bonds is 18. The van der Waals surface area contributed by atoms with E-state index in [9.17, 15) is 0 Å². The Morgan fingerprint density at radius 3 is 1.46 bits per heavy atom. The number of hydrogen-bond acceptors (Lipinski definition) is 6. The number of benzene rings is 2. The van der Waals surface area contributed by atoms with Gasteiger partial charge in [0.2, 0.25) is 0 Å². The van der Waals surface area contributed by atoms with Gasteiger partial charge in [0, 0.05) is 39.6 Å². The summed E-state index contributed by atoms with van der Waals surface area (Å²) in [5.41, 5.74) is -0.351. The van der Waals surface area contributed by atoms with E-state index in [1.165, 1.54) is 5.56 Å². The first kappa shape index (κ1) is 29.6. The molecule has 7 heteroatoms. The fourth-order valence-electron chi connectivity index (χ4n) is 4.75. The maximum absolute atomic E-state index is 6.80. The third kappa shape index (κ3) is 6.41. The quantitative estimate of drug-likeness (QED) is 0.186. The Balaban J connectivity index is 2.90. The fraction of sp³-hybridized carbons (Fsp3) is 0.571. The standard InChI is InChI=1S/C28H44O6Si/c1-7-29-27(26-21-17-14-18-22-26,24-23-25-19-15-13-16-20-25)28(30-8-2,31-9-3)35(32-10-4,33-11-5)34-12-6/h13-22H,7-12,23-24H2,1-6H3. The van der Waals surface area contributed by atoms with E-state index in [-0.39, 0.29) is 0 Å². The second-order valence-corrected chi connectivity index (χ2v) is 10.6. The van der Waals surface area contributed by atoms with Crippen LogP contribution in [0.4, 0.5) is 0 Å². The van der Waals surface area contributed by atoms with E-state index in [1.54, 1.807) is 0 Å². The summed E-state index contributed by atoms with van der Waals surface area (Å²) in [5, 5.41) is 0. The molecule has 35 heavy (non-hydrogen) atoms. The van der Waals surface area contributed by atoms with Gasteiger partial charge in [-0.1, -0.05) is 60.7 Å². The summed E-state index contributed by atoms with van der Waals surface area (Å²) in [6, 6.07) is 20.5. The maximum atomic E-state index is 6.80. The highest BCUT2D eigenvalue weighted by Crippen LogP contribution is 2.50. The van der Waals surface area contributed by atoms with Crippen molar-refractivity contribution in [1.29, 1.82) is 0 Å². The molecule has 1 atom stereocenters. The minimum absolute atomic E-state index is 0.370. The van der Waals surface area contributed by atoms with Gasteiger partial charge in [-0.15, -0.1) is 0 Å². The van der Waals surface area contributed by atoms with Gasteiger partial charge in [-0.25, -0.2) is 0 Å². The highest BCUT2D eigenvalue weighted by Gasteiger charge is 2.75. The van der Waals surface area contributed by atoms with E-state index < -0.39 is 19.8 Å². The predicted molar refractivity (Wildman–Crippen MR) is 141 cm³/mol. The van der Waals surface area contributed by atoms with Crippen molar-refractivity contribution < 1.29 is 27.5 Å². The summed E-state index contributed by atoms with van der Waals surface area (Å²) in [4.78, 5) is 0. The maximum Gasteiger partial charge on any atom is 0.567 e. The predicted octanol–water partition coefficient (Wildman–Crippen LogP) is 5.91. The highest BCUT2D eigenvalue weighted by atomic mass is 28.4. The Hall–Kier alpha value is -1.58. The second-order valence-electron chi connectivity index (χ2n) is 7.95. The Bertz CT molecular complexity index is 796. The monoisotopic (exact) mass is 504 g/mol. The molecule has 0 N–H and O–H groups in total.